The summed E-state index contributed by atoms with van der Waals surface area (Å²) in [4.78, 5) is 28.2. The lowest BCUT2D eigenvalue weighted by atomic mass is 10.3. The number of nitrogens with one attached hydrogen (secondary N) is 1. The molecule has 3 rings (SSSR count). The first-order chi connectivity index (χ1) is 12.0. The number of hydrogen-bond donors (Lipinski definition) is 1. The smallest absolute Gasteiger partial charge is 0.244 e. The molecule has 0 unspecified atom stereocenters. The van der Waals surface area contributed by atoms with Crippen LogP contribution in [-0.4, -0.2) is 75.4 Å². The molecule has 1 aromatic heterocycles. The zero-order chi connectivity index (χ0) is 17.8. The molecule has 25 heavy (non-hydrogen) atoms. The van der Waals surface area contributed by atoms with E-state index in [0.717, 1.165) is 11.0 Å². The molecule has 2 amide bonds. The highest BCUT2D eigenvalue weighted by Gasteiger charge is 2.23. The van der Waals surface area contributed by atoms with Gasteiger partial charge in [0.15, 0.2) is 0 Å². The molecule has 0 bridgehead atoms. The molecule has 0 spiro atoms. The van der Waals surface area contributed by atoms with E-state index in [9.17, 15) is 9.59 Å². The van der Waals surface area contributed by atoms with Gasteiger partial charge in [0.25, 0.3) is 0 Å². The Labute approximate surface area is 146 Å². The fourth-order valence-corrected chi connectivity index (χ4v) is 2.99. The van der Waals surface area contributed by atoms with Crippen LogP contribution in [0.3, 0.4) is 0 Å². The Morgan fingerprint density at radius 2 is 1.84 bits per heavy atom. The molecule has 0 atom stereocenters. The molecule has 1 aliphatic rings. The first kappa shape index (κ1) is 17.3. The van der Waals surface area contributed by atoms with Crippen LogP contribution in [0.4, 0.5) is 0 Å². The van der Waals surface area contributed by atoms with Crippen LogP contribution >= 0.6 is 0 Å². The van der Waals surface area contributed by atoms with Crippen LogP contribution in [-0.2, 0) is 16.1 Å². The van der Waals surface area contributed by atoms with Crippen molar-refractivity contribution in [2.45, 2.75) is 26.4 Å². The summed E-state index contributed by atoms with van der Waals surface area (Å²) >= 11 is 0. The van der Waals surface area contributed by atoms with Gasteiger partial charge in [0, 0.05) is 32.2 Å². The number of carbonyl (C=O) groups excluding carboxylic acids is 2. The summed E-state index contributed by atoms with van der Waals surface area (Å²) in [6.07, 6.45) is 0. The second-order valence-corrected chi connectivity index (χ2v) is 6.61. The van der Waals surface area contributed by atoms with Gasteiger partial charge in [-0.05, 0) is 26.0 Å². The highest BCUT2D eigenvalue weighted by molar-refractivity contribution is 5.80. The van der Waals surface area contributed by atoms with Crippen LogP contribution in [0.1, 0.15) is 13.8 Å². The predicted octanol–water partition coefficient (Wildman–Crippen LogP) is 0.100. The fourth-order valence-electron chi connectivity index (χ4n) is 2.99. The highest BCUT2D eigenvalue weighted by atomic mass is 16.2. The maximum Gasteiger partial charge on any atom is 0.244 e. The van der Waals surface area contributed by atoms with Crippen molar-refractivity contribution in [3.8, 4) is 0 Å². The third-order valence-electron chi connectivity index (χ3n) is 4.25. The number of nitrogens with zero attached hydrogens (tertiary/aromatic N) is 5. The van der Waals surface area contributed by atoms with Crippen molar-refractivity contribution < 1.29 is 9.59 Å². The lowest BCUT2D eigenvalue weighted by molar-refractivity contribution is -0.134. The molecule has 2 heterocycles. The molecule has 1 N–H and O–H groups in total. The second-order valence-electron chi connectivity index (χ2n) is 6.61. The first-order valence-corrected chi connectivity index (χ1v) is 8.60. The van der Waals surface area contributed by atoms with E-state index in [-0.39, 0.29) is 24.4 Å². The van der Waals surface area contributed by atoms with E-state index in [1.54, 1.807) is 4.68 Å². The normalized spacial score (nSPS) is 15.7. The summed E-state index contributed by atoms with van der Waals surface area (Å²) in [5.74, 6) is 0.0609. The third-order valence-corrected chi connectivity index (χ3v) is 4.25. The Hall–Kier alpha value is -2.48. The summed E-state index contributed by atoms with van der Waals surface area (Å²) in [6.45, 7) is 7.12. The van der Waals surface area contributed by atoms with Crippen LogP contribution < -0.4 is 5.32 Å². The molecular formula is C17H24N6O2. The number of benzene rings is 1. The van der Waals surface area contributed by atoms with Gasteiger partial charge in [0.1, 0.15) is 12.1 Å². The van der Waals surface area contributed by atoms with Gasteiger partial charge in [-0.2, -0.15) is 0 Å². The Morgan fingerprint density at radius 3 is 2.56 bits per heavy atom. The minimum Gasteiger partial charge on any atom is -0.353 e. The zero-order valence-electron chi connectivity index (χ0n) is 14.7. The van der Waals surface area contributed by atoms with E-state index in [2.05, 4.69) is 20.5 Å². The van der Waals surface area contributed by atoms with Crippen LogP contribution in [0.25, 0.3) is 11.0 Å². The quantitative estimate of drug-likeness (QED) is 0.832. The summed E-state index contributed by atoms with van der Waals surface area (Å²) in [5, 5.41) is 11.0. The molecule has 0 saturated carbocycles. The van der Waals surface area contributed by atoms with E-state index in [1.807, 2.05) is 43.0 Å². The molecule has 1 aromatic carbocycles. The van der Waals surface area contributed by atoms with Crippen molar-refractivity contribution in [2.75, 3.05) is 32.7 Å². The van der Waals surface area contributed by atoms with Gasteiger partial charge in [0.2, 0.25) is 11.8 Å². The zero-order valence-corrected chi connectivity index (χ0v) is 14.7. The average Bonchev–Trinajstić information content (AvgIpc) is 2.98. The molecule has 1 fully saturated rings. The van der Waals surface area contributed by atoms with Crippen LogP contribution in [0.5, 0.6) is 0 Å². The van der Waals surface area contributed by atoms with Gasteiger partial charge in [-0.3, -0.25) is 14.5 Å². The standard InChI is InChI=1S/C17H24N6O2/c1-13(2)18-16(24)11-21-7-9-22(10-8-21)17(25)12-23-15-6-4-3-5-14(15)19-20-23/h3-6,13H,7-12H2,1-2H3,(H,18,24). The predicted molar refractivity (Wildman–Crippen MR) is 93.8 cm³/mol. The molecule has 2 aromatic rings. The number of fused-ring (bicyclic) bond motifs is 1. The summed E-state index contributed by atoms with van der Waals surface area (Å²) in [6, 6.07) is 7.75. The molecule has 1 aliphatic heterocycles. The van der Waals surface area contributed by atoms with Gasteiger partial charge in [0.05, 0.1) is 12.1 Å². The third kappa shape index (κ3) is 4.33. The van der Waals surface area contributed by atoms with Crippen molar-refractivity contribution in [2.24, 2.45) is 0 Å². The Kier molecular flexibility index (Phi) is 5.28. The van der Waals surface area contributed by atoms with E-state index in [0.29, 0.717) is 32.7 Å². The van der Waals surface area contributed by atoms with E-state index in [1.165, 1.54) is 0 Å². The van der Waals surface area contributed by atoms with E-state index in [4.69, 9.17) is 0 Å². The van der Waals surface area contributed by atoms with Gasteiger partial charge in [-0.1, -0.05) is 17.3 Å². The number of rotatable bonds is 5. The summed E-state index contributed by atoms with van der Waals surface area (Å²) < 4.78 is 1.64. The largest absolute Gasteiger partial charge is 0.353 e. The maximum absolute atomic E-state index is 12.5. The monoisotopic (exact) mass is 344 g/mol. The second kappa shape index (κ2) is 7.60. The lowest BCUT2D eigenvalue weighted by Gasteiger charge is -2.34. The maximum atomic E-state index is 12.5. The van der Waals surface area contributed by atoms with Crippen molar-refractivity contribution in [1.82, 2.24) is 30.1 Å². The van der Waals surface area contributed by atoms with Crippen LogP contribution in [0.2, 0.25) is 0 Å². The van der Waals surface area contributed by atoms with Gasteiger partial charge < -0.3 is 10.2 Å². The Balaban J connectivity index is 1.51. The van der Waals surface area contributed by atoms with E-state index < -0.39 is 0 Å². The Bertz CT molecular complexity index is 748. The molecular weight excluding hydrogens is 320 g/mol. The number of hydrogen-bond acceptors (Lipinski definition) is 5. The van der Waals surface area contributed by atoms with Crippen molar-refractivity contribution >= 4 is 22.8 Å². The number of para-hydroxylation sites is 1. The number of carbonyl (C=O) groups is 2. The SMILES string of the molecule is CC(C)NC(=O)CN1CCN(C(=O)Cn2nnc3ccccc32)CC1. The minimum absolute atomic E-state index is 0.0296. The minimum atomic E-state index is 0.0296. The topological polar surface area (TPSA) is 83.4 Å². The molecule has 1 saturated heterocycles. The van der Waals surface area contributed by atoms with E-state index >= 15 is 0 Å². The number of amides is 2. The van der Waals surface area contributed by atoms with Crippen LogP contribution in [0, 0.1) is 0 Å². The molecule has 134 valence electrons. The van der Waals surface area contributed by atoms with Gasteiger partial charge in [-0.25, -0.2) is 4.68 Å². The number of piperazine rings is 1. The molecule has 0 aliphatic carbocycles. The molecule has 8 nitrogen and oxygen atoms in total. The fraction of sp³-hybridized carbons (Fsp3) is 0.529. The highest BCUT2D eigenvalue weighted by Crippen LogP contribution is 2.10. The van der Waals surface area contributed by atoms with Crippen LogP contribution in [0.15, 0.2) is 24.3 Å². The number of aromatic nitrogens is 3. The average molecular weight is 344 g/mol. The lowest BCUT2D eigenvalue weighted by Crippen LogP contribution is -2.52. The summed E-state index contributed by atoms with van der Waals surface area (Å²) in [7, 11) is 0. The molecule has 8 heteroatoms. The van der Waals surface area contributed by atoms with Crippen molar-refractivity contribution in [3.63, 3.8) is 0 Å². The molecule has 0 radical (unpaired) electrons. The Morgan fingerprint density at radius 1 is 1.12 bits per heavy atom. The first-order valence-electron chi connectivity index (χ1n) is 8.60. The summed E-state index contributed by atoms with van der Waals surface area (Å²) in [5.41, 5.74) is 1.65. The van der Waals surface area contributed by atoms with Gasteiger partial charge in [-0.15, -0.1) is 5.10 Å². The van der Waals surface area contributed by atoms with Crippen molar-refractivity contribution in [3.05, 3.63) is 24.3 Å². The van der Waals surface area contributed by atoms with Gasteiger partial charge >= 0.3 is 0 Å². The van der Waals surface area contributed by atoms with Crippen molar-refractivity contribution in [1.29, 1.82) is 0 Å².